The Labute approximate surface area is 73.7 Å². The largest absolute Gasteiger partial charge is 0.419 e. The number of allylic oxidation sites excluding steroid dienone is 4. The van der Waals surface area contributed by atoms with Crippen molar-refractivity contribution in [2.45, 2.75) is 6.42 Å². The minimum atomic E-state index is 0. The molecule has 0 N–H and O–H groups in total. The van der Waals surface area contributed by atoms with E-state index in [0.717, 1.165) is 12.0 Å². The molecule has 1 rings (SSSR count). The second-order valence-corrected chi connectivity index (χ2v) is 1.43. The van der Waals surface area contributed by atoms with Crippen LogP contribution in [0.25, 0.3) is 0 Å². The predicted octanol–water partition coefficient (Wildman–Crippen LogP) is 0.980. The third-order valence-corrected chi connectivity index (χ3v) is 0.902. The molecule has 0 aromatic rings. The van der Waals surface area contributed by atoms with Crippen molar-refractivity contribution in [1.82, 2.24) is 0 Å². The topological polar surface area (TPSA) is 17.1 Å². The van der Waals surface area contributed by atoms with Crippen molar-refractivity contribution in [3.8, 4) is 0 Å². The van der Waals surface area contributed by atoms with E-state index in [1.165, 1.54) is 0 Å². The molecular formula is C6H5OY-. The molecule has 39 valence electrons. The van der Waals surface area contributed by atoms with E-state index in [9.17, 15) is 4.79 Å². The van der Waals surface area contributed by atoms with E-state index >= 15 is 0 Å². The second kappa shape index (κ2) is 4.16. The molecule has 0 heterocycles. The van der Waals surface area contributed by atoms with Gasteiger partial charge in [0.05, 0.1) is 0 Å². The molecule has 1 aliphatic carbocycles. The SMILES string of the molecule is O=[C-]C1=CC=CC1.[Y]. The van der Waals surface area contributed by atoms with Gasteiger partial charge in [0.25, 0.3) is 0 Å². The molecule has 1 nitrogen and oxygen atoms in total. The summed E-state index contributed by atoms with van der Waals surface area (Å²) in [7, 11) is 0. The first-order valence-corrected chi connectivity index (χ1v) is 2.17. The third kappa shape index (κ3) is 2.02. The Morgan fingerprint density at radius 3 is 2.62 bits per heavy atom. The summed E-state index contributed by atoms with van der Waals surface area (Å²) in [5, 5.41) is 0. The van der Waals surface area contributed by atoms with Crippen LogP contribution in [0.3, 0.4) is 0 Å². The van der Waals surface area contributed by atoms with Crippen LogP contribution in [0.1, 0.15) is 6.42 Å². The van der Waals surface area contributed by atoms with Gasteiger partial charge in [-0.1, -0.05) is 0 Å². The summed E-state index contributed by atoms with van der Waals surface area (Å²) in [5.41, 5.74) is 0.750. The molecule has 0 bridgehead atoms. The summed E-state index contributed by atoms with van der Waals surface area (Å²) in [6.45, 7) is 0. The van der Waals surface area contributed by atoms with Gasteiger partial charge in [-0.3, -0.25) is 0 Å². The quantitative estimate of drug-likeness (QED) is 0.552. The zero-order valence-electron chi connectivity index (χ0n) is 4.42. The van der Waals surface area contributed by atoms with E-state index < -0.39 is 0 Å². The Hall–Kier alpha value is 0.254. The molecule has 0 aliphatic heterocycles. The van der Waals surface area contributed by atoms with Crippen molar-refractivity contribution < 1.29 is 37.5 Å². The van der Waals surface area contributed by atoms with Crippen LogP contribution in [0.4, 0.5) is 0 Å². The minimum absolute atomic E-state index is 0. The van der Waals surface area contributed by atoms with Crippen LogP contribution in [0.5, 0.6) is 0 Å². The van der Waals surface area contributed by atoms with E-state index in [4.69, 9.17) is 0 Å². The number of hydrogen-bond donors (Lipinski definition) is 0. The maximum Gasteiger partial charge on any atom is 0 e. The van der Waals surface area contributed by atoms with Crippen molar-refractivity contribution >= 4 is 6.29 Å². The van der Waals surface area contributed by atoms with Crippen LogP contribution in [0.2, 0.25) is 0 Å². The molecule has 0 aromatic heterocycles. The van der Waals surface area contributed by atoms with Crippen molar-refractivity contribution in [2.24, 2.45) is 0 Å². The first-order chi connectivity index (χ1) is 3.43. The molecule has 0 saturated carbocycles. The summed E-state index contributed by atoms with van der Waals surface area (Å²) in [4.78, 5) is 9.77. The van der Waals surface area contributed by atoms with Gasteiger partial charge in [0.1, 0.15) is 0 Å². The fourth-order valence-electron chi connectivity index (χ4n) is 0.523. The van der Waals surface area contributed by atoms with Gasteiger partial charge < -0.3 is 4.79 Å². The fourth-order valence-corrected chi connectivity index (χ4v) is 0.523. The Kier molecular flexibility index (Phi) is 4.30. The van der Waals surface area contributed by atoms with Crippen LogP contribution < -0.4 is 0 Å². The molecule has 8 heavy (non-hydrogen) atoms. The average molecular weight is 182 g/mol. The third-order valence-electron chi connectivity index (χ3n) is 0.902. The number of hydrogen-bond acceptors (Lipinski definition) is 1. The fraction of sp³-hybridized carbons (Fsp3) is 0.167. The number of rotatable bonds is 1. The Morgan fingerprint density at radius 2 is 2.38 bits per heavy atom. The zero-order chi connectivity index (χ0) is 5.11. The van der Waals surface area contributed by atoms with Gasteiger partial charge in [-0.05, 0) is 12.7 Å². The normalized spacial score (nSPS) is 14.8. The first-order valence-electron chi connectivity index (χ1n) is 2.17. The molecule has 1 aliphatic rings. The summed E-state index contributed by atoms with van der Waals surface area (Å²) in [5.74, 6) is 0. The van der Waals surface area contributed by atoms with Gasteiger partial charge in [0, 0.05) is 32.7 Å². The summed E-state index contributed by atoms with van der Waals surface area (Å²) in [6.07, 6.45) is 8.14. The van der Waals surface area contributed by atoms with Crippen LogP contribution in [0.15, 0.2) is 23.8 Å². The summed E-state index contributed by atoms with van der Waals surface area (Å²) in [6, 6.07) is 0. The van der Waals surface area contributed by atoms with Gasteiger partial charge >= 0.3 is 0 Å². The van der Waals surface area contributed by atoms with Crippen molar-refractivity contribution in [2.75, 3.05) is 0 Å². The van der Waals surface area contributed by atoms with E-state index in [1.807, 2.05) is 18.4 Å². The van der Waals surface area contributed by atoms with Gasteiger partial charge in [0.2, 0.25) is 0 Å². The monoisotopic (exact) mass is 182 g/mol. The van der Waals surface area contributed by atoms with E-state index in [-0.39, 0.29) is 32.7 Å². The van der Waals surface area contributed by atoms with Gasteiger partial charge in [0.15, 0.2) is 0 Å². The van der Waals surface area contributed by atoms with Crippen LogP contribution in [0, 0.1) is 0 Å². The van der Waals surface area contributed by atoms with Crippen LogP contribution in [-0.4, -0.2) is 6.29 Å². The molecule has 1 radical (unpaired) electrons. The molecule has 0 aromatic carbocycles. The zero-order valence-corrected chi connectivity index (χ0v) is 7.26. The van der Waals surface area contributed by atoms with Gasteiger partial charge in [-0.25, -0.2) is 6.08 Å². The molecular weight excluding hydrogens is 177 g/mol. The predicted molar refractivity (Wildman–Crippen MR) is 27.5 cm³/mol. The van der Waals surface area contributed by atoms with Crippen molar-refractivity contribution in [3.63, 3.8) is 0 Å². The van der Waals surface area contributed by atoms with Crippen molar-refractivity contribution in [3.05, 3.63) is 23.8 Å². The second-order valence-electron chi connectivity index (χ2n) is 1.43. The summed E-state index contributed by atoms with van der Waals surface area (Å²) >= 11 is 0. The number of carbonyl (C=O) groups excluding carboxylic acids is 1. The van der Waals surface area contributed by atoms with E-state index in [0.29, 0.717) is 0 Å². The Balaban J connectivity index is 0.000000490. The molecule has 0 fully saturated rings. The molecule has 0 saturated heterocycles. The Morgan fingerprint density at radius 1 is 1.62 bits per heavy atom. The van der Waals surface area contributed by atoms with Crippen LogP contribution >= 0.6 is 0 Å². The standard InChI is InChI=1S/C6H5O.Y/c7-5-6-3-1-2-4-6;/h1-3H,4H2;/q-1;. The summed E-state index contributed by atoms with van der Waals surface area (Å²) < 4.78 is 0. The van der Waals surface area contributed by atoms with E-state index in [2.05, 4.69) is 0 Å². The minimum Gasteiger partial charge on any atom is -0.419 e. The van der Waals surface area contributed by atoms with Gasteiger partial charge in [-0.15, -0.1) is 12.2 Å². The molecule has 0 atom stereocenters. The average Bonchev–Trinajstić information content (AvgIpc) is 2.14. The molecule has 0 spiro atoms. The van der Waals surface area contributed by atoms with Crippen LogP contribution in [-0.2, 0) is 37.5 Å². The smallest absolute Gasteiger partial charge is 0 e. The van der Waals surface area contributed by atoms with E-state index in [1.54, 1.807) is 6.08 Å². The Bertz CT molecular complexity index is 135. The molecule has 0 amide bonds. The van der Waals surface area contributed by atoms with Gasteiger partial charge in [-0.2, -0.15) is 5.57 Å². The first kappa shape index (κ1) is 8.25. The maximum absolute atomic E-state index is 9.77. The molecule has 2 heteroatoms. The maximum atomic E-state index is 9.77. The van der Waals surface area contributed by atoms with Crippen molar-refractivity contribution in [1.29, 1.82) is 0 Å². The molecule has 0 unspecified atom stereocenters.